The minimum Gasteiger partial charge on any atom is -0.385 e. The van der Waals surface area contributed by atoms with Crippen molar-refractivity contribution in [3.05, 3.63) is 71.4 Å². The van der Waals surface area contributed by atoms with Crippen LogP contribution in [0.15, 0.2) is 60.8 Å². The Morgan fingerprint density at radius 2 is 1.67 bits per heavy atom. The van der Waals surface area contributed by atoms with E-state index in [1.165, 1.54) is 12.8 Å². The van der Waals surface area contributed by atoms with Crippen molar-refractivity contribution >= 4 is 11.6 Å². The number of rotatable bonds is 6. The summed E-state index contributed by atoms with van der Waals surface area (Å²) in [5, 5.41) is 11.7. The third-order valence-electron chi connectivity index (χ3n) is 6.24. The number of nitrogens with zero attached hydrogens (tertiary/aromatic N) is 2. The molecule has 4 rings (SSSR count). The lowest BCUT2D eigenvalue weighted by molar-refractivity contribution is -0.0261. The summed E-state index contributed by atoms with van der Waals surface area (Å²) < 4.78 is 0. The summed E-state index contributed by atoms with van der Waals surface area (Å²) >= 11 is 5.97. The zero-order valence-corrected chi connectivity index (χ0v) is 16.6. The molecule has 2 atom stereocenters. The molecule has 4 heteroatoms. The van der Waals surface area contributed by atoms with Gasteiger partial charge in [-0.05, 0) is 56.1 Å². The summed E-state index contributed by atoms with van der Waals surface area (Å²) in [6.07, 6.45) is 17.5. The number of fused-ring (bicyclic) bond motifs is 1. The fourth-order valence-electron chi connectivity index (χ4n) is 4.48. The fraction of sp³-hybridized carbons (Fsp3) is 0.478. The van der Waals surface area contributed by atoms with E-state index in [2.05, 4.69) is 46.4 Å². The minimum atomic E-state index is -0.697. The molecule has 0 radical (unpaired) electrons. The molecule has 0 amide bonds. The van der Waals surface area contributed by atoms with Crippen LogP contribution in [-0.2, 0) is 5.60 Å². The number of likely N-dealkylation sites (tertiary alicyclic amines) is 1. The highest BCUT2D eigenvalue weighted by Gasteiger charge is 2.33. The summed E-state index contributed by atoms with van der Waals surface area (Å²) in [7, 11) is 0. The summed E-state index contributed by atoms with van der Waals surface area (Å²) in [5.74, 6) is 0.558. The summed E-state index contributed by atoms with van der Waals surface area (Å²) in [5.41, 5.74) is 0.300. The lowest BCUT2D eigenvalue weighted by Gasteiger charge is -2.38. The highest BCUT2D eigenvalue weighted by Crippen LogP contribution is 2.33. The van der Waals surface area contributed by atoms with Crippen molar-refractivity contribution in [1.82, 2.24) is 9.80 Å². The smallest absolute Gasteiger partial charge is 0.0920 e. The fourth-order valence-corrected chi connectivity index (χ4v) is 4.61. The van der Waals surface area contributed by atoms with Gasteiger partial charge < -0.3 is 14.9 Å². The van der Waals surface area contributed by atoms with Crippen molar-refractivity contribution < 1.29 is 5.11 Å². The molecule has 3 aliphatic rings. The molecule has 0 saturated carbocycles. The van der Waals surface area contributed by atoms with Gasteiger partial charge in [0.05, 0.1) is 11.6 Å². The molecular weight excluding hydrogens is 356 g/mol. The van der Waals surface area contributed by atoms with Gasteiger partial charge >= 0.3 is 0 Å². The van der Waals surface area contributed by atoms with Crippen molar-refractivity contribution in [3.8, 4) is 0 Å². The maximum Gasteiger partial charge on any atom is 0.0920 e. The lowest BCUT2D eigenvalue weighted by atomic mass is 9.84. The van der Waals surface area contributed by atoms with E-state index in [4.69, 9.17) is 11.6 Å². The van der Waals surface area contributed by atoms with Crippen LogP contribution < -0.4 is 0 Å². The molecule has 1 aromatic carbocycles. The zero-order valence-electron chi connectivity index (χ0n) is 15.8. The first kappa shape index (κ1) is 18.8. The second-order valence-corrected chi connectivity index (χ2v) is 8.44. The number of hydrogen-bond donors (Lipinski definition) is 1. The molecule has 0 bridgehead atoms. The summed E-state index contributed by atoms with van der Waals surface area (Å²) in [6.45, 7) is 4.17. The highest BCUT2D eigenvalue weighted by molar-refractivity contribution is 6.30. The standard InChI is InChI=1S/C23H29ClN2O/c24-21-9-7-20(8-10-21)23(27)12-17-25(18-13-23)14-3-4-15-26-16-11-19-5-1-2-6-22(19)26/h1-2,5-11,16,19,22,27H,3-4,12-15,17-18H2. The quantitative estimate of drug-likeness (QED) is 0.739. The molecular formula is C23H29ClN2O. The second-order valence-electron chi connectivity index (χ2n) is 8.00. The zero-order chi connectivity index (χ0) is 18.7. The van der Waals surface area contributed by atoms with Crippen LogP contribution in [0.25, 0.3) is 0 Å². The Morgan fingerprint density at radius 3 is 2.44 bits per heavy atom. The third-order valence-corrected chi connectivity index (χ3v) is 6.49. The third kappa shape index (κ3) is 4.31. The molecule has 27 heavy (non-hydrogen) atoms. The molecule has 1 N–H and O–H groups in total. The van der Waals surface area contributed by atoms with Gasteiger partial charge in [0, 0.05) is 30.6 Å². The molecule has 1 saturated heterocycles. The van der Waals surface area contributed by atoms with Crippen molar-refractivity contribution in [2.24, 2.45) is 5.92 Å². The Kier molecular flexibility index (Phi) is 5.72. The van der Waals surface area contributed by atoms with E-state index < -0.39 is 5.60 Å². The minimum absolute atomic E-state index is 0.527. The first-order valence-electron chi connectivity index (χ1n) is 10.1. The number of unbranched alkanes of at least 4 members (excludes halogenated alkanes) is 1. The van der Waals surface area contributed by atoms with Crippen LogP contribution in [0.4, 0.5) is 0 Å². The topological polar surface area (TPSA) is 26.7 Å². The van der Waals surface area contributed by atoms with Gasteiger partial charge in [-0.15, -0.1) is 0 Å². The molecule has 1 aliphatic carbocycles. The normalized spacial score (nSPS) is 26.5. The van der Waals surface area contributed by atoms with Gasteiger partial charge in [0.15, 0.2) is 0 Å². The maximum absolute atomic E-state index is 11.0. The van der Waals surface area contributed by atoms with Crippen LogP contribution in [0.5, 0.6) is 0 Å². The van der Waals surface area contributed by atoms with E-state index in [-0.39, 0.29) is 0 Å². The first-order chi connectivity index (χ1) is 13.1. The molecule has 2 heterocycles. The molecule has 1 aromatic rings. The van der Waals surface area contributed by atoms with Gasteiger partial charge in [-0.1, -0.05) is 54.1 Å². The SMILES string of the molecule is OC1(c2ccc(Cl)cc2)CCN(CCCCN2C=CC3C=CC=CC32)CC1. The van der Waals surface area contributed by atoms with E-state index in [0.717, 1.165) is 49.6 Å². The van der Waals surface area contributed by atoms with Crippen molar-refractivity contribution in [3.63, 3.8) is 0 Å². The molecule has 2 aliphatic heterocycles. The average molecular weight is 385 g/mol. The monoisotopic (exact) mass is 384 g/mol. The van der Waals surface area contributed by atoms with Crippen LogP contribution in [-0.4, -0.2) is 47.1 Å². The van der Waals surface area contributed by atoms with E-state index in [1.54, 1.807) is 0 Å². The van der Waals surface area contributed by atoms with Crippen LogP contribution in [0, 0.1) is 5.92 Å². The average Bonchev–Trinajstić information content (AvgIpc) is 3.10. The van der Waals surface area contributed by atoms with Gasteiger partial charge in [-0.3, -0.25) is 0 Å². The van der Waals surface area contributed by atoms with Gasteiger partial charge in [0.1, 0.15) is 0 Å². The largest absolute Gasteiger partial charge is 0.385 e. The van der Waals surface area contributed by atoms with Gasteiger partial charge in [-0.25, -0.2) is 0 Å². The van der Waals surface area contributed by atoms with Gasteiger partial charge in [0.2, 0.25) is 0 Å². The van der Waals surface area contributed by atoms with E-state index in [9.17, 15) is 5.11 Å². The van der Waals surface area contributed by atoms with Crippen molar-refractivity contribution in [2.75, 3.05) is 26.2 Å². The molecule has 0 aromatic heterocycles. The maximum atomic E-state index is 11.0. The predicted molar refractivity (Wildman–Crippen MR) is 112 cm³/mol. The number of halogens is 1. The highest BCUT2D eigenvalue weighted by atomic mass is 35.5. The number of piperidine rings is 1. The molecule has 3 nitrogen and oxygen atoms in total. The van der Waals surface area contributed by atoms with Gasteiger partial charge in [0.25, 0.3) is 0 Å². The summed E-state index contributed by atoms with van der Waals surface area (Å²) in [4.78, 5) is 4.97. The molecule has 2 unspecified atom stereocenters. The number of allylic oxidation sites excluding steroid dienone is 2. The Hall–Kier alpha value is -1.55. The van der Waals surface area contributed by atoms with E-state index >= 15 is 0 Å². The lowest BCUT2D eigenvalue weighted by Crippen LogP contribution is -2.43. The van der Waals surface area contributed by atoms with Gasteiger partial charge in [-0.2, -0.15) is 0 Å². The Labute approximate surface area is 167 Å². The van der Waals surface area contributed by atoms with E-state index in [1.807, 2.05) is 24.3 Å². The number of hydrogen-bond acceptors (Lipinski definition) is 3. The Balaban J connectivity index is 1.18. The summed E-state index contributed by atoms with van der Waals surface area (Å²) in [6, 6.07) is 8.19. The van der Waals surface area contributed by atoms with Crippen molar-refractivity contribution in [2.45, 2.75) is 37.3 Å². The van der Waals surface area contributed by atoms with Crippen LogP contribution >= 0.6 is 11.6 Å². The molecule has 144 valence electrons. The number of aliphatic hydroxyl groups is 1. The molecule has 0 spiro atoms. The first-order valence-corrected chi connectivity index (χ1v) is 10.5. The Morgan fingerprint density at radius 1 is 0.963 bits per heavy atom. The Bertz CT molecular complexity index is 716. The molecule has 1 fully saturated rings. The van der Waals surface area contributed by atoms with E-state index in [0.29, 0.717) is 12.0 Å². The van der Waals surface area contributed by atoms with Crippen LogP contribution in [0.2, 0.25) is 5.02 Å². The number of benzene rings is 1. The predicted octanol–water partition coefficient (Wildman–Crippen LogP) is 4.34. The van der Waals surface area contributed by atoms with Crippen molar-refractivity contribution in [1.29, 1.82) is 0 Å². The second kappa shape index (κ2) is 8.22. The van der Waals surface area contributed by atoms with Crippen LogP contribution in [0.1, 0.15) is 31.2 Å². The van der Waals surface area contributed by atoms with Crippen LogP contribution in [0.3, 0.4) is 0 Å².